The maximum absolute atomic E-state index is 12.0. The Balaban J connectivity index is 2.71. The minimum absolute atomic E-state index is 0.0106. The molecule has 19 heavy (non-hydrogen) atoms. The molecule has 1 aromatic carbocycles. The third-order valence-corrected chi connectivity index (χ3v) is 3.37. The van der Waals surface area contributed by atoms with E-state index < -0.39 is 5.54 Å². The summed E-state index contributed by atoms with van der Waals surface area (Å²) in [6.45, 7) is 5.84. The zero-order chi connectivity index (χ0) is 14.6. The van der Waals surface area contributed by atoms with Crippen molar-refractivity contribution in [1.82, 2.24) is 4.90 Å². The van der Waals surface area contributed by atoms with Gasteiger partial charge in [0, 0.05) is 5.54 Å². The molecule has 0 fully saturated rings. The summed E-state index contributed by atoms with van der Waals surface area (Å²) in [7, 11) is 1.80. The number of aliphatic hydroxyl groups excluding tert-OH is 1. The number of nitrogens with two attached hydrogens (primary N) is 1. The number of carbonyl (C=O) groups is 1. The number of nitrogens with zero attached hydrogens (tertiary/aromatic N) is 1. The van der Waals surface area contributed by atoms with E-state index in [-0.39, 0.29) is 19.1 Å². The molecule has 0 atom stereocenters. The van der Waals surface area contributed by atoms with E-state index in [4.69, 9.17) is 5.73 Å². The van der Waals surface area contributed by atoms with Crippen LogP contribution in [0.1, 0.15) is 19.4 Å². The van der Waals surface area contributed by atoms with E-state index in [1.165, 1.54) is 0 Å². The lowest BCUT2D eigenvalue weighted by Crippen LogP contribution is -2.47. The topological polar surface area (TPSA) is 78.6 Å². The van der Waals surface area contributed by atoms with Gasteiger partial charge < -0.3 is 16.2 Å². The maximum atomic E-state index is 12.0. The first-order valence-electron chi connectivity index (χ1n) is 6.25. The number of nitrogen functional groups attached to an aromatic ring is 1. The number of rotatable bonds is 5. The number of aliphatic hydroxyl groups is 1. The van der Waals surface area contributed by atoms with Crippen LogP contribution in [-0.2, 0) is 4.79 Å². The van der Waals surface area contributed by atoms with Crippen LogP contribution in [-0.4, -0.2) is 41.7 Å². The molecule has 106 valence electrons. The molecule has 0 spiro atoms. The Labute approximate surface area is 114 Å². The van der Waals surface area contributed by atoms with E-state index in [1.54, 1.807) is 18.0 Å². The van der Waals surface area contributed by atoms with Crippen molar-refractivity contribution in [3.05, 3.63) is 23.8 Å². The Morgan fingerprint density at radius 3 is 2.63 bits per heavy atom. The second-order valence-electron chi connectivity index (χ2n) is 5.41. The average Bonchev–Trinajstić information content (AvgIpc) is 2.34. The van der Waals surface area contributed by atoms with Gasteiger partial charge >= 0.3 is 0 Å². The van der Waals surface area contributed by atoms with Crippen molar-refractivity contribution in [3.63, 3.8) is 0 Å². The normalized spacial score (nSPS) is 11.7. The van der Waals surface area contributed by atoms with Crippen molar-refractivity contribution in [3.8, 4) is 0 Å². The van der Waals surface area contributed by atoms with Gasteiger partial charge in [0.1, 0.15) is 0 Å². The minimum atomic E-state index is -0.436. The molecule has 0 aromatic heterocycles. The monoisotopic (exact) mass is 265 g/mol. The van der Waals surface area contributed by atoms with Crippen molar-refractivity contribution in [2.45, 2.75) is 26.3 Å². The smallest absolute Gasteiger partial charge is 0.238 e. The van der Waals surface area contributed by atoms with Gasteiger partial charge in [0.05, 0.1) is 24.5 Å². The standard InChI is InChI=1S/C14H23N3O2/c1-10-6-5-7-11(15)13(10)16-12(19)8-17(4)14(2,3)9-18/h5-7,18H,8-9,15H2,1-4H3,(H,16,19). The first kappa shape index (κ1) is 15.5. The summed E-state index contributed by atoms with van der Waals surface area (Å²) in [5.74, 6) is -0.148. The number of aryl methyl sites for hydroxylation is 1. The van der Waals surface area contributed by atoms with Crippen LogP contribution < -0.4 is 11.1 Å². The molecule has 5 nitrogen and oxygen atoms in total. The fourth-order valence-electron chi connectivity index (χ4n) is 1.59. The zero-order valence-electron chi connectivity index (χ0n) is 12.0. The average molecular weight is 265 g/mol. The van der Waals surface area contributed by atoms with Crippen LogP contribution in [0.2, 0.25) is 0 Å². The largest absolute Gasteiger partial charge is 0.397 e. The van der Waals surface area contributed by atoms with Gasteiger partial charge in [-0.2, -0.15) is 0 Å². The second-order valence-corrected chi connectivity index (χ2v) is 5.41. The molecule has 1 rings (SSSR count). The second kappa shape index (κ2) is 6.04. The number of para-hydroxylation sites is 1. The lowest BCUT2D eigenvalue weighted by Gasteiger charge is -2.33. The number of carbonyl (C=O) groups excluding carboxylic acids is 1. The third-order valence-electron chi connectivity index (χ3n) is 3.37. The van der Waals surface area contributed by atoms with Gasteiger partial charge in [0.2, 0.25) is 5.91 Å². The van der Waals surface area contributed by atoms with Crippen molar-refractivity contribution >= 4 is 17.3 Å². The Morgan fingerprint density at radius 1 is 1.47 bits per heavy atom. The summed E-state index contributed by atoms with van der Waals surface area (Å²) in [5, 5.41) is 12.1. The van der Waals surface area contributed by atoms with Crippen molar-refractivity contribution < 1.29 is 9.90 Å². The highest BCUT2D eigenvalue weighted by atomic mass is 16.3. The Hall–Kier alpha value is -1.59. The number of hydrogen-bond donors (Lipinski definition) is 3. The number of anilines is 2. The molecule has 0 bridgehead atoms. The van der Waals surface area contributed by atoms with Crippen molar-refractivity contribution in [1.29, 1.82) is 0 Å². The molecule has 0 saturated heterocycles. The molecule has 1 aromatic rings. The van der Waals surface area contributed by atoms with Crippen LogP contribution in [0.5, 0.6) is 0 Å². The molecule has 0 heterocycles. The Morgan fingerprint density at radius 2 is 2.11 bits per heavy atom. The van der Waals surface area contributed by atoms with Crippen molar-refractivity contribution in [2.75, 3.05) is 31.2 Å². The highest BCUT2D eigenvalue weighted by molar-refractivity contribution is 5.96. The van der Waals surface area contributed by atoms with Crippen LogP contribution in [0, 0.1) is 6.92 Å². The van der Waals surface area contributed by atoms with E-state index in [1.807, 2.05) is 32.9 Å². The SMILES string of the molecule is Cc1cccc(N)c1NC(=O)CN(C)C(C)(C)CO. The van der Waals surface area contributed by atoms with Gasteiger partial charge in [0.15, 0.2) is 0 Å². The number of amides is 1. The summed E-state index contributed by atoms with van der Waals surface area (Å²) in [6, 6.07) is 5.50. The Kier molecular flexibility index (Phi) is 4.91. The molecule has 0 aliphatic carbocycles. The summed E-state index contributed by atoms with van der Waals surface area (Å²) < 4.78 is 0. The van der Waals surface area contributed by atoms with Crippen LogP contribution in [0.25, 0.3) is 0 Å². The van der Waals surface area contributed by atoms with Gasteiger partial charge in [-0.25, -0.2) is 0 Å². The van der Waals surface area contributed by atoms with Crippen molar-refractivity contribution in [2.24, 2.45) is 0 Å². The molecule has 0 unspecified atom stereocenters. The molecular formula is C14H23N3O2. The highest BCUT2D eigenvalue weighted by Crippen LogP contribution is 2.22. The van der Waals surface area contributed by atoms with Crippen LogP contribution in [0.4, 0.5) is 11.4 Å². The van der Waals surface area contributed by atoms with Crippen LogP contribution in [0.3, 0.4) is 0 Å². The zero-order valence-corrected chi connectivity index (χ0v) is 12.0. The van der Waals surface area contributed by atoms with Crippen LogP contribution in [0.15, 0.2) is 18.2 Å². The Bertz CT molecular complexity index is 438. The van der Waals surface area contributed by atoms with E-state index in [0.717, 1.165) is 5.56 Å². The number of hydrogen-bond acceptors (Lipinski definition) is 4. The molecular weight excluding hydrogens is 242 g/mol. The lowest BCUT2D eigenvalue weighted by atomic mass is 10.1. The van der Waals surface area contributed by atoms with Gasteiger partial charge in [-0.05, 0) is 39.4 Å². The van der Waals surface area contributed by atoms with Gasteiger partial charge in [-0.15, -0.1) is 0 Å². The first-order valence-corrected chi connectivity index (χ1v) is 6.25. The van der Waals surface area contributed by atoms with E-state index in [2.05, 4.69) is 5.32 Å². The number of likely N-dealkylation sites (N-methyl/N-ethyl adjacent to an activating group) is 1. The summed E-state index contributed by atoms with van der Waals surface area (Å²) >= 11 is 0. The molecule has 0 saturated carbocycles. The van der Waals surface area contributed by atoms with E-state index >= 15 is 0 Å². The van der Waals surface area contributed by atoms with Gasteiger partial charge in [-0.3, -0.25) is 9.69 Å². The van der Waals surface area contributed by atoms with Crippen LogP contribution >= 0.6 is 0 Å². The fraction of sp³-hybridized carbons (Fsp3) is 0.500. The predicted octanol–water partition coefficient (Wildman–Crippen LogP) is 1.22. The predicted molar refractivity (Wildman–Crippen MR) is 78.0 cm³/mol. The molecule has 4 N–H and O–H groups in total. The highest BCUT2D eigenvalue weighted by Gasteiger charge is 2.24. The molecule has 0 aliphatic heterocycles. The lowest BCUT2D eigenvalue weighted by molar-refractivity contribution is -0.118. The van der Waals surface area contributed by atoms with Gasteiger partial charge in [0.25, 0.3) is 0 Å². The van der Waals surface area contributed by atoms with Gasteiger partial charge in [-0.1, -0.05) is 12.1 Å². The molecule has 5 heteroatoms. The molecule has 0 aliphatic rings. The summed E-state index contributed by atoms with van der Waals surface area (Å²) in [6.07, 6.45) is 0. The molecule has 1 amide bonds. The number of benzene rings is 1. The van der Waals surface area contributed by atoms with E-state index in [9.17, 15) is 9.90 Å². The minimum Gasteiger partial charge on any atom is -0.397 e. The summed E-state index contributed by atoms with van der Waals surface area (Å²) in [5.41, 5.74) is 7.54. The third kappa shape index (κ3) is 3.94. The number of nitrogens with one attached hydrogen (secondary N) is 1. The first-order chi connectivity index (χ1) is 8.77. The summed E-state index contributed by atoms with van der Waals surface area (Å²) in [4.78, 5) is 13.8. The van der Waals surface area contributed by atoms with E-state index in [0.29, 0.717) is 11.4 Å². The quantitative estimate of drug-likeness (QED) is 0.699. The maximum Gasteiger partial charge on any atom is 0.238 e. The molecule has 0 radical (unpaired) electrons. The fourth-order valence-corrected chi connectivity index (χ4v) is 1.59.